The smallest absolute Gasteiger partial charge is 0.407 e. The van der Waals surface area contributed by atoms with E-state index in [4.69, 9.17) is 26.8 Å². The third kappa shape index (κ3) is 10.3. The molecule has 10 nitrogen and oxygen atoms in total. The number of carbonyl (C=O) groups excluding carboxylic acids is 2. The van der Waals surface area contributed by atoms with E-state index in [0.29, 0.717) is 27.9 Å². The van der Waals surface area contributed by atoms with Crippen molar-refractivity contribution in [3.05, 3.63) is 22.7 Å². The number of nitrogens with one attached hydrogen (secondary N) is 2. The molecule has 0 saturated carbocycles. The summed E-state index contributed by atoms with van der Waals surface area (Å²) in [5.41, 5.74) is 6.08. The van der Waals surface area contributed by atoms with Gasteiger partial charge in [-0.25, -0.2) is 4.79 Å². The van der Waals surface area contributed by atoms with Crippen LogP contribution in [0.25, 0.3) is 0 Å². The van der Waals surface area contributed by atoms with E-state index in [1.165, 1.54) is 20.0 Å². The van der Waals surface area contributed by atoms with Crippen molar-refractivity contribution < 1.29 is 24.2 Å². The molecule has 0 aromatic heterocycles. The number of rotatable bonds is 11. The average Bonchev–Trinajstić information content (AvgIpc) is 2.90. The summed E-state index contributed by atoms with van der Waals surface area (Å²) in [6.45, 7) is 11.5. The monoisotopic (exact) mass is 581 g/mol. The second-order valence-electron chi connectivity index (χ2n) is 12.1. The van der Waals surface area contributed by atoms with Gasteiger partial charge in [0.15, 0.2) is 0 Å². The number of nitrogens with two attached hydrogens (primary N) is 1. The van der Waals surface area contributed by atoms with Crippen molar-refractivity contribution in [2.24, 2.45) is 5.92 Å². The molecule has 2 amide bonds. The zero-order valence-electron chi connectivity index (χ0n) is 24.5. The van der Waals surface area contributed by atoms with Gasteiger partial charge in [-0.05, 0) is 90.9 Å². The van der Waals surface area contributed by atoms with Crippen molar-refractivity contribution in [1.82, 2.24) is 20.4 Å². The molecule has 2 saturated heterocycles. The number of likely N-dealkylation sites (tertiary alicyclic amines) is 2. The van der Waals surface area contributed by atoms with E-state index >= 15 is 0 Å². The van der Waals surface area contributed by atoms with Crippen molar-refractivity contribution in [2.75, 3.05) is 58.7 Å². The molecule has 11 heteroatoms. The van der Waals surface area contributed by atoms with Gasteiger partial charge in [0.25, 0.3) is 5.91 Å². The lowest BCUT2D eigenvalue weighted by atomic mass is 9.94. The number of aliphatic hydroxyl groups is 1. The van der Waals surface area contributed by atoms with Crippen LogP contribution in [0.15, 0.2) is 12.1 Å². The van der Waals surface area contributed by atoms with E-state index in [-0.39, 0.29) is 24.6 Å². The number of anilines is 1. The van der Waals surface area contributed by atoms with Gasteiger partial charge in [0.1, 0.15) is 11.4 Å². The third-order valence-corrected chi connectivity index (χ3v) is 8.01. The van der Waals surface area contributed by atoms with Gasteiger partial charge < -0.3 is 40.7 Å². The van der Waals surface area contributed by atoms with Crippen LogP contribution in [0.2, 0.25) is 5.02 Å². The Morgan fingerprint density at radius 3 is 2.38 bits per heavy atom. The average molecular weight is 582 g/mol. The molecule has 3 rings (SSSR count). The number of hydrogen-bond donors (Lipinski definition) is 4. The molecule has 2 aliphatic heterocycles. The van der Waals surface area contributed by atoms with Crippen molar-refractivity contribution in [1.29, 1.82) is 0 Å². The maximum atomic E-state index is 12.9. The first-order valence-corrected chi connectivity index (χ1v) is 14.8. The minimum absolute atomic E-state index is 0.0917. The fourth-order valence-corrected chi connectivity index (χ4v) is 5.60. The summed E-state index contributed by atoms with van der Waals surface area (Å²) in [7, 11) is 1.52. The second-order valence-corrected chi connectivity index (χ2v) is 12.5. The van der Waals surface area contributed by atoms with Crippen LogP contribution in [0, 0.1) is 5.92 Å². The van der Waals surface area contributed by atoms with Gasteiger partial charge in [0.2, 0.25) is 0 Å². The SMILES string of the molecule is COc1cc(N)c(Cl)cc1C(=O)NC1CCN(CC2CCN(CCC[C@@H](CO)NC(=O)OC(C)(C)C)CC2)CC1. The third-order valence-electron chi connectivity index (χ3n) is 7.68. The molecule has 5 N–H and O–H groups in total. The van der Waals surface area contributed by atoms with Crippen LogP contribution in [-0.2, 0) is 4.74 Å². The summed E-state index contributed by atoms with van der Waals surface area (Å²) >= 11 is 6.13. The van der Waals surface area contributed by atoms with Crippen LogP contribution in [0.3, 0.4) is 0 Å². The Morgan fingerprint density at radius 1 is 1.12 bits per heavy atom. The molecular weight excluding hydrogens is 534 g/mol. The van der Waals surface area contributed by atoms with Crippen LogP contribution in [0.4, 0.5) is 10.5 Å². The number of nitrogens with zero attached hydrogens (tertiary/aromatic N) is 2. The van der Waals surface area contributed by atoms with Gasteiger partial charge in [-0.3, -0.25) is 4.79 Å². The van der Waals surface area contributed by atoms with E-state index in [1.807, 2.05) is 20.8 Å². The van der Waals surface area contributed by atoms with Crippen molar-refractivity contribution in [2.45, 2.75) is 77.0 Å². The van der Waals surface area contributed by atoms with Gasteiger partial charge in [0.05, 0.1) is 36.0 Å². The molecule has 0 aliphatic carbocycles. The van der Waals surface area contributed by atoms with Gasteiger partial charge in [0, 0.05) is 31.7 Å². The van der Waals surface area contributed by atoms with E-state index in [1.54, 1.807) is 12.1 Å². The molecule has 2 heterocycles. The fourth-order valence-electron chi connectivity index (χ4n) is 5.44. The van der Waals surface area contributed by atoms with Crippen LogP contribution < -0.4 is 21.1 Å². The lowest BCUT2D eigenvalue weighted by Crippen LogP contribution is -2.47. The molecule has 1 aromatic carbocycles. The summed E-state index contributed by atoms with van der Waals surface area (Å²) in [6, 6.07) is 2.99. The van der Waals surface area contributed by atoms with Gasteiger partial charge in [-0.2, -0.15) is 0 Å². The van der Waals surface area contributed by atoms with Crippen LogP contribution in [-0.4, -0.2) is 97.6 Å². The molecule has 226 valence electrons. The lowest BCUT2D eigenvalue weighted by Gasteiger charge is -2.38. The number of carbonyl (C=O) groups is 2. The maximum absolute atomic E-state index is 12.9. The molecule has 2 aliphatic rings. The van der Waals surface area contributed by atoms with Gasteiger partial charge in [-0.1, -0.05) is 11.6 Å². The second kappa shape index (κ2) is 15.1. The number of halogens is 1. The van der Waals surface area contributed by atoms with Gasteiger partial charge >= 0.3 is 6.09 Å². The molecule has 0 unspecified atom stereocenters. The first-order chi connectivity index (χ1) is 19.0. The summed E-state index contributed by atoms with van der Waals surface area (Å²) in [4.78, 5) is 29.8. The Hall–Kier alpha value is -2.27. The molecule has 1 aromatic rings. The number of ether oxygens (including phenoxy) is 2. The minimum Gasteiger partial charge on any atom is -0.496 e. The van der Waals surface area contributed by atoms with E-state index in [9.17, 15) is 14.7 Å². The van der Waals surface area contributed by atoms with Crippen molar-refractivity contribution in [3.8, 4) is 5.75 Å². The molecule has 0 bridgehead atoms. The number of hydrogen-bond acceptors (Lipinski definition) is 8. The maximum Gasteiger partial charge on any atom is 0.407 e. The molecule has 0 spiro atoms. The highest BCUT2D eigenvalue weighted by molar-refractivity contribution is 6.33. The number of piperidine rings is 2. The van der Waals surface area contributed by atoms with E-state index in [2.05, 4.69) is 20.4 Å². The molecule has 0 radical (unpaired) electrons. The predicted octanol–water partition coefficient (Wildman–Crippen LogP) is 3.50. The van der Waals surface area contributed by atoms with Crippen molar-refractivity contribution >= 4 is 29.3 Å². The molecule has 1 atom stereocenters. The zero-order chi connectivity index (χ0) is 29.3. The first-order valence-electron chi connectivity index (χ1n) is 14.5. The summed E-state index contributed by atoms with van der Waals surface area (Å²) in [5, 5.41) is 15.9. The number of benzene rings is 1. The largest absolute Gasteiger partial charge is 0.496 e. The first kappa shape index (κ1) is 32.2. The molecule has 40 heavy (non-hydrogen) atoms. The number of nitrogen functional groups attached to an aromatic ring is 1. The topological polar surface area (TPSA) is 129 Å². The minimum atomic E-state index is -0.553. The Balaban J connectivity index is 1.31. The van der Waals surface area contributed by atoms with Gasteiger partial charge in [-0.15, -0.1) is 0 Å². The highest BCUT2D eigenvalue weighted by Crippen LogP contribution is 2.29. The molecular formula is C29H48ClN5O5. The standard InChI is InChI=1S/C29H48ClN5O5/c1-29(2,3)40-28(38)33-22(19-36)6-5-11-34-12-7-20(8-13-34)18-35-14-9-21(10-15-35)32-27(37)23-16-24(30)25(31)17-26(23)39-4/h16-17,20-22,36H,5-15,18-19,31H2,1-4H3,(H,32,37)(H,33,38)/t22-/m0/s1. The van der Waals surface area contributed by atoms with Crippen LogP contribution in [0.5, 0.6) is 5.75 Å². The summed E-state index contributed by atoms with van der Waals surface area (Å²) < 4.78 is 10.6. The number of amides is 2. The fraction of sp³-hybridized carbons (Fsp3) is 0.724. The highest BCUT2D eigenvalue weighted by atomic mass is 35.5. The Kier molecular flexibility index (Phi) is 12.2. The Bertz CT molecular complexity index is 972. The molecule has 2 fully saturated rings. The number of aliphatic hydroxyl groups excluding tert-OH is 1. The predicted molar refractivity (Wildman–Crippen MR) is 158 cm³/mol. The number of methoxy groups -OCH3 is 1. The highest BCUT2D eigenvalue weighted by Gasteiger charge is 2.27. The number of alkyl carbamates (subject to hydrolysis) is 1. The quantitative estimate of drug-likeness (QED) is 0.292. The Labute approximate surface area is 243 Å². The van der Waals surface area contributed by atoms with Crippen LogP contribution >= 0.6 is 11.6 Å². The normalized spacial score (nSPS) is 18.8. The lowest BCUT2D eigenvalue weighted by molar-refractivity contribution is 0.0476. The van der Waals surface area contributed by atoms with Crippen LogP contribution in [0.1, 0.15) is 69.7 Å². The summed E-state index contributed by atoms with van der Waals surface area (Å²) in [5.74, 6) is 0.923. The zero-order valence-corrected chi connectivity index (χ0v) is 25.3. The summed E-state index contributed by atoms with van der Waals surface area (Å²) in [6.07, 6.45) is 5.34. The van der Waals surface area contributed by atoms with E-state index in [0.717, 1.165) is 65.0 Å². The van der Waals surface area contributed by atoms with Crippen molar-refractivity contribution in [3.63, 3.8) is 0 Å². The Morgan fingerprint density at radius 2 is 1.77 bits per heavy atom. The van der Waals surface area contributed by atoms with E-state index < -0.39 is 11.7 Å².